The Morgan fingerprint density at radius 2 is 2.10 bits per heavy atom. The maximum Gasteiger partial charge on any atom is 0.247 e. The molecule has 1 aliphatic carbocycles. The molecule has 108 valence electrons. The zero-order chi connectivity index (χ0) is 13.9. The van der Waals surface area contributed by atoms with E-state index >= 15 is 0 Å². The minimum Gasteiger partial charge on any atom is -0.343 e. The van der Waals surface area contributed by atoms with Gasteiger partial charge in [-0.1, -0.05) is 24.4 Å². The fourth-order valence-corrected chi connectivity index (χ4v) is 3.02. The standard InChI is InChI=1S/C13H18N4O3/c18-12-6-10(14-7-11-15-8-20-16-11)13(19)17(12)9-4-2-1-3-5-9/h8-10,14H,1-7H2. The molecule has 1 aromatic rings. The lowest BCUT2D eigenvalue weighted by Gasteiger charge is -2.29. The van der Waals surface area contributed by atoms with Gasteiger partial charge >= 0.3 is 0 Å². The summed E-state index contributed by atoms with van der Waals surface area (Å²) in [6.07, 6.45) is 6.75. The van der Waals surface area contributed by atoms with Crippen LogP contribution in [0.5, 0.6) is 0 Å². The fourth-order valence-electron chi connectivity index (χ4n) is 3.02. The highest BCUT2D eigenvalue weighted by atomic mass is 16.5. The largest absolute Gasteiger partial charge is 0.343 e. The highest BCUT2D eigenvalue weighted by molar-refractivity contribution is 6.05. The summed E-state index contributed by atoms with van der Waals surface area (Å²) >= 11 is 0. The van der Waals surface area contributed by atoms with E-state index in [9.17, 15) is 9.59 Å². The first kappa shape index (κ1) is 13.2. The average molecular weight is 278 g/mol. The number of hydrogen-bond acceptors (Lipinski definition) is 6. The number of aromatic nitrogens is 2. The van der Waals surface area contributed by atoms with E-state index in [0.29, 0.717) is 12.4 Å². The molecule has 2 fully saturated rings. The van der Waals surface area contributed by atoms with Gasteiger partial charge < -0.3 is 4.52 Å². The summed E-state index contributed by atoms with van der Waals surface area (Å²) in [4.78, 5) is 29.8. The number of carbonyl (C=O) groups excluding carboxylic acids is 2. The van der Waals surface area contributed by atoms with Crippen molar-refractivity contribution in [2.24, 2.45) is 0 Å². The van der Waals surface area contributed by atoms with E-state index in [-0.39, 0.29) is 24.3 Å². The van der Waals surface area contributed by atoms with Gasteiger partial charge in [-0.25, -0.2) is 0 Å². The van der Waals surface area contributed by atoms with Crippen molar-refractivity contribution < 1.29 is 14.1 Å². The number of nitrogens with zero attached hydrogens (tertiary/aromatic N) is 3. The Bertz CT molecular complexity index is 482. The SMILES string of the molecule is O=C1CC(NCc2ncon2)C(=O)N1C1CCCCC1. The molecule has 7 heteroatoms. The van der Waals surface area contributed by atoms with Crippen LogP contribution in [0.4, 0.5) is 0 Å². The van der Waals surface area contributed by atoms with Crippen LogP contribution in [-0.2, 0) is 16.1 Å². The van der Waals surface area contributed by atoms with Crippen LogP contribution < -0.4 is 5.32 Å². The first-order chi connectivity index (χ1) is 9.75. The lowest BCUT2D eigenvalue weighted by atomic mass is 9.94. The van der Waals surface area contributed by atoms with Crippen molar-refractivity contribution in [1.29, 1.82) is 0 Å². The predicted octanol–water partition coefficient (Wildman–Crippen LogP) is 0.619. The zero-order valence-electron chi connectivity index (χ0n) is 11.2. The van der Waals surface area contributed by atoms with Crippen LogP contribution >= 0.6 is 0 Å². The van der Waals surface area contributed by atoms with Crippen molar-refractivity contribution >= 4 is 11.8 Å². The lowest BCUT2D eigenvalue weighted by molar-refractivity contribution is -0.142. The monoisotopic (exact) mass is 278 g/mol. The van der Waals surface area contributed by atoms with E-state index in [1.807, 2.05) is 0 Å². The molecular weight excluding hydrogens is 260 g/mol. The van der Waals surface area contributed by atoms with E-state index < -0.39 is 6.04 Å². The van der Waals surface area contributed by atoms with Crippen LogP contribution in [0.3, 0.4) is 0 Å². The maximum absolute atomic E-state index is 12.4. The van der Waals surface area contributed by atoms with Gasteiger partial charge in [0.25, 0.3) is 0 Å². The molecule has 2 amide bonds. The molecule has 1 saturated heterocycles. The average Bonchev–Trinajstić information content (AvgIpc) is 3.06. The normalized spacial score (nSPS) is 24.6. The van der Waals surface area contributed by atoms with E-state index in [1.165, 1.54) is 17.7 Å². The fraction of sp³-hybridized carbons (Fsp3) is 0.692. The quantitative estimate of drug-likeness (QED) is 0.812. The highest BCUT2D eigenvalue weighted by Gasteiger charge is 2.42. The number of imide groups is 1. The maximum atomic E-state index is 12.4. The van der Waals surface area contributed by atoms with Gasteiger partial charge in [0.1, 0.15) is 0 Å². The lowest BCUT2D eigenvalue weighted by Crippen LogP contribution is -2.44. The molecule has 1 aliphatic heterocycles. The molecule has 1 N–H and O–H groups in total. The van der Waals surface area contributed by atoms with Gasteiger partial charge in [0.2, 0.25) is 18.2 Å². The molecular formula is C13H18N4O3. The van der Waals surface area contributed by atoms with Gasteiger partial charge in [-0.15, -0.1) is 0 Å². The molecule has 2 aliphatic rings. The third kappa shape index (κ3) is 2.58. The highest BCUT2D eigenvalue weighted by Crippen LogP contribution is 2.27. The molecule has 1 atom stereocenters. The minimum absolute atomic E-state index is 0.0625. The molecule has 1 unspecified atom stereocenters. The van der Waals surface area contributed by atoms with Crippen LogP contribution in [0.25, 0.3) is 0 Å². The summed E-state index contributed by atoms with van der Waals surface area (Å²) in [5.41, 5.74) is 0. The summed E-state index contributed by atoms with van der Waals surface area (Å²) in [5, 5.41) is 6.71. The van der Waals surface area contributed by atoms with Crippen molar-refractivity contribution in [3.05, 3.63) is 12.2 Å². The topological polar surface area (TPSA) is 88.3 Å². The number of hydrogen-bond donors (Lipinski definition) is 1. The third-order valence-electron chi connectivity index (χ3n) is 4.04. The Hall–Kier alpha value is -1.76. The summed E-state index contributed by atoms with van der Waals surface area (Å²) < 4.78 is 4.63. The van der Waals surface area contributed by atoms with Crippen LogP contribution in [-0.4, -0.2) is 38.9 Å². The van der Waals surface area contributed by atoms with E-state index in [1.54, 1.807) is 0 Å². The van der Waals surface area contributed by atoms with Crippen molar-refractivity contribution in [3.8, 4) is 0 Å². The summed E-state index contributed by atoms with van der Waals surface area (Å²) in [6, 6.07) is -0.358. The van der Waals surface area contributed by atoms with Crippen LogP contribution in [0.15, 0.2) is 10.9 Å². The first-order valence-electron chi connectivity index (χ1n) is 7.10. The second-order valence-electron chi connectivity index (χ2n) is 5.38. The zero-order valence-corrected chi connectivity index (χ0v) is 11.2. The Morgan fingerprint density at radius 3 is 2.80 bits per heavy atom. The molecule has 1 saturated carbocycles. The predicted molar refractivity (Wildman–Crippen MR) is 68.3 cm³/mol. The van der Waals surface area contributed by atoms with E-state index in [0.717, 1.165) is 25.7 Å². The van der Waals surface area contributed by atoms with Crippen molar-refractivity contribution in [3.63, 3.8) is 0 Å². The molecule has 0 bridgehead atoms. The van der Waals surface area contributed by atoms with Gasteiger partial charge in [0, 0.05) is 6.04 Å². The van der Waals surface area contributed by atoms with Gasteiger partial charge in [0.05, 0.1) is 19.0 Å². The van der Waals surface area contributed by atoms with Gasteiger partial charge in [-0.2, -0.15) is 4.98 Å². The third-order valence-corrected chi connectivity index (χ3v) is 4.04. The number of nitrogens with one attached hydrogen (secondary N) is 1. The summed E-state index contributed by atoms with van der Waals surface area (Å²) in [5.74, 6) is 0.319. The smallest absolute Gasteiger partial charge is 0.247 e. The Kier molecular flexibility index (Phi) is 3.77. The van der Waals surface area contributed by atoms with Crippen molar-refractivity contribution in [1.82, 2.24) is 20.4 Å². The number of likely N-dealkylation sites (tertiary alicyclic amines) is 1. The molecule has 0 radical (unpaired) electrons. The van der Waals surface area contributed by atoms with Gasteiger partial charge in [-0.3, -0.25) is 19.8 Å². The van der Waals surface area contributed by atoms with Crippen LogP contribution in [0, 0.1) is 0 Å². The van der Waals surface area contributed by atoms with Crippen LogP contribution in [0.1, 0.15) is 44.3 Å². The molecule has 0 spiro atoms. The molecule has 2 heterocycles. The molecule has 20 heavy (non-hydrogen) atoms. The number of carbonyl (C=O) groups is 2. The summed E-state index contributed by atoms with van der Waals surface area (Å²) in [6.45, 7) is 0.332. The van der Waals surface area contributed by atoms with Crippen molar-refractivity contribution in [2.75, 3.05) is 0 Å². The Labute approximate surface area is 116 Å². The second kappa shape index (κ2) is 5.70. The van der Waals surface area contributed by atoms with E-state index in [4.69, 9.17) is 0 Å². The molecule has 3 rings (SSSR count). The number of rotatable bonds is 4. The first-order valence-corrected chi connectivity index (χ1v) is 7.10. The summed E-state index contributed by atoms with van der Waals surface area (Å²) in [7, 11) is 0. The van der Waals surface area contributed by atoms with E-state index in [2.05, 4.69) is 20.0 Å². The van der Waals surface area contributed by atoms with Gasteiger partial charge in [-0.05, 0) is 12.8 Å². The molecule has 0 aromatic carbocycles. The van der Waals surface area contributed by atoms with Crippen molar-refractivity contribution in [2.45, 2.75) is 57.2 Å². The molecule has 1 aromatic heterocycles. The number of amides is 2. The van der Waals surface area contributed by atoms with Crippen LogP contribution in [0.2, 0.25) is 0 Å². The minimum atomic E-state index is -0.456. The molecule has 7 nitrogen and oxygen atoms in total. The second-order valence-corrected chi connectivity index (χ2v) is 5.38. The van der Waals surface area contributed by atoms with Gasteiger partial charge in [0.15, 0.2) is 5.82 Å². The Balaban J connectivity index is 1.60. The Morgan fingerprint density at radius 1 is 1.30 bits per heavy atom.